The van der Waals surface area contributed by atoms with Crippen molar-refractivity contribution >= 4 is 23.0 Å². The fraction of sp³-hybridized carbons (Fsp3) is 0.188. The maximum atomic E-state index is 11.9. The van der Waals surface area contributed by atoms with E-state index in [2.05, 4.69) is 10.6 Å². The van der Waals surface area contributed by atoms with Crippen LogP contribution in [0.4, 0.5) is 17.1 Å². The molecule has 0 saturated heterocycles. The van der Waals surface area contributed by atoms with Gasteiger partial charge in [-0.05, 0) is 37.6 Å². The van der Waals surface area contributed by atoms with E-state index < -0.39 is 4.92 Å². The number of anilines is 2. The SMILES string of the molecule is Cc1ccc(NCC(=O)Nc2ccc([N+](=O)[O-])cc2)c(C)c1. The second kappa shape index (κ2) is 6.71. The number of nitro groups is 1. The molecule has 1 amide bonds. The van der Waals surface area contributed by atoms with Gasteiger partial charge in [-0.1, -0.05) is 17.7 Å². The van der Waals surface area contributed by atoms with Crippen LogP contribution in [0.25, 0.3) is 0 Å². The molecule has 6 heteroatoms. The van der Waals surface area contributed by atoms with Crippen molar-refractivity contribution in [3.63, 3.8) is 0 Å². The van der Waals surface area contributed by atoms with Crippen LogP contribution in [0, 0.1) is 24.0 Å². The number of carbonyl (C=O) groups is 1. The summed E-state index contributed by atoms with van der Waals surface area (Å²) >= 11 is 0. The Morgan fingerprint density at radius 3 is 2.41 bits per heavy atom. The minimum Gasteiger partial charge on any atom is -0.376 e. The standard InChI is InChI=1S/C16H17N3O3/c1-11-3-8-15(12(2)9-11)17-10-16(20)18-13-4-6-14(7-5-13)19(21)22/h3-9,17H,10H2,1-2H3,(H,18,20). The van der Waals surface area contributed by atoms with Gasteiger partial charge in [0.25, 0.3) is 5.69 Å². The summed E-state index contributed by atoms with van der Waals surface area (Å²) in [4.78, 5) is 22.0. The van der Waals surface area contributed by atoms with Crippen molar-refractivity contribution in [2.24, 2.45) is 0 Å². The van der Waals surface area contributed by atoms with Crippen molar-refractivity contribution in [1.29, 1.82) is 0 Å². The van der Waals surface area contributed by atoms with Gasteiger partial charge in [-0.3, -0.25) is 14.9 Å². The summed E-state index contributed by atoms with van der Waals surface area (Å²) < 4.78 is 0. The lowest BCUT2D eigenvalue weighted by Crippen LogP contribution is -2.22. The number of nitrogens with one attached hydrogen (secondary N) is 2. The molecule has 114 valence electrons. The van der Waals surface area contributed by atoms with Gasteiger partial charge in [0.1, 0.15) is 0 Å². The van der Waals surface area contributed by atoms with Crippen molar-refractivity contribution in [1.82, 2.24) is 0 Å². The number of nitrogens with zero attached hydrogens (tertiary/aromatic N) is 1. The van der Waals surface area contributed by atoms with Gasteiger partial charge in [-0.15, -0.1) is 0 Å². The molecule has 0 radical (unpaired) electrons. The highest BCUT2D eigenvalue weighted by Crippen LogP contribution is 2.17. The highest BCUT2D eigenvalue weighted by Gasteiger charge is 2.07. The summed E-state index contributed by atoms with van der Waals surface area (Å²) in [5.74, 6) is -0.214. The Balaban J connectivity index is 1.91. The predicted molar refractivity (Wildman–Crippen MR) is 86.1 cm³/mol. The molecule has 0 unspecified atom stereocenters. The van der Waals surface area contributed by atoms with E-state index in [1.54, 1.807) is 0 Å². The highest BCUT2D eigenvalue weighted by atomic mass is 16.6. The number of nitro benzene ring substituents is 1. The molecule has 0 aliphatic heterocycles. The van der Waals surface area contributed by atoms with Crippen molar-refractivity contribution < 1.29 is 9.72 Å². The molecule has 0 saturated carbocycles. The van der Waals surface area contributed by atoms with Crippen molar-refractivity contribution in [3.05, 3.63) is 63.7 Å². The van der Waals surface area contributed by atoms with Gasteiger partial charge in [0, 0.05) is 23.5 Å². The molecule has 0 atom stereocenters. The summed E-state index contributed by atoms with van der Waals surface area (Å²) in [7, 11) is 0. The fourth-order valence-electron chi connectivity index (χ4n) is 2.06. The average Bonchev–Trinajstić information content (AvgIpc) is 2.47. The molecule has 0 fully saturated rings. The van der Waals surface area contributed by atoms with Gasteiger partial charge in [0.15, 0.2) is 0 Å². The van der Waals surface area contributed by atoms with Crippen LogP contribution in [0.15, 0.2) is 42.5 Å². The van der Waals surface area contributed by atoms with Gasteiger partial charge in [0.2, 0.25) is 5.91 Å². The number of non-ortho nitro benzene ring substituents is 1. The first kappa shape index (κ1) is 15.5. The predicted octanol–water partition coefficient (Wildman–Crippen LogP) is 3.26. The molecule has 0 heterocycles. The topological polar surface area (TPSA) is 84.3 Å². The number of amides is 1. The number of hydrogen-bond donors (Lipinski definition) is 2. The molecule has 2 N–H and O–H groups in total. The van der Waals surface area contributed by atoms with Crippen LogP contribution in [-0.2, 0) is 4.79 Å². The van der Waals surface area contributed by atoms with Gasteiger partial charge < -0.3 is 10.6 Å². The third kappa shape index (κ3) is 4.05. The Bertz CT molecular complexity index is 696. The lowest BCUT2D eigenvalue weighted by molar-refractivity contribution is -0.384. The lowest BCUT2D eigenvalue weighted by Gasteiger charge is -2.10. The van der Waals surface area contributed by atoms with Crippen molar-refractivity contribution in [2.75, 3.05) is 17.2 Å². The zero-order chi connectivity index (χ0) is 16.1. The molecule has 0 spiro atoms. The number of carbonyl (C=O) groups excluding carboxylic acids is 1. The molecule has 2 rings (SSSR count). The van der Waals surface area contributed by atoms with Crippen LogP contribution >= 0.6 is 0 Å². The first-order chi connectivity index (χ1) is 10.5. The van der Waals surface area contributed by atoms with E-state index in [0.29, 0.717) is 5.69 Å². The zero-order valence-electron chi connectivity index (χ0n) is 12.4. The lowest BCUT2D eigenvalue weighted by atomic mass is 10.1. The minimum atomic E-state index is -0.479. The Morgan fingerprint density at radius 1 is 1.14 bits per heavy atom. The Labute approximate surface area is 128 Å². The summed E-state index contributed by atoms with van der Waals surface area (Å²) in [5.41, 5.74) is 3.66. The molecule has 22 heavy (non-hydrogen) atoms. The second-order valence-corrected chi connectivity index (χ2v) is 5.02. The first-order valence-corrected chi connectivity index (χ1v) is 6.81. The van der Waals surface area contributed by atoms with Gasteiger partial charge >= 0.3 is 0 Å². The number of benzene rings is 2. The average molecular weight is 299 g/mol. The van der Waals surface area contributed by atoms with E-state index in [-0.39, 0.29) is 18.1 Å². The van der Waals surface area contributed by atoms with Crippen molar-refractivity contribution in [3.8, 4) is 0 Å². The van der Waals surface area contributed by atoms with Crippen LogP contribution in [0.2, 0.25) is 0 Å². The molecule has 6 nitrogen and oxygen atoms in total. The molecule has 0 bridgehead atoms. The molecule has 0 aromatic heterocycles. The summed E-state index contributed by atoms with van der Waals surface area (Å²) in [6.45, 7) is 4.11. The van der Waals surface area contributed by atoms with Crippen LogP contribution in [0.5, 0.6) is 0 Å². The maximum Gasteiger partial charge on any atom is 0.269 e. The van der Waals surface area contributed by atoms with Crippen LogP contribution in [0.1, 0.15) is 11.1 Å². The minimum absolute atomic E-state index is 0.00796. The van der Waals surface area contributed by atoms with Crippen molar-refractivity contribution in [2.45, 2.75) is 13.8 Å². The Kier molecular flexibility index (Phi) is 4.73. The van der Waals surface area contributed by atoms with E-state index >= 15 is 0 Å². The first-order valence-electron chi connectivity index (χ1n) is 6.81. The summed E-state index contributed by atoms with van der Waals surface area (Å²) in [6.07, 6.45) is 0. The normalized spacial score (nSPS) is 10.1. The van der Waals surface area contributed by atoms with E-state index in [4.69, 9.17) is 0 Å². The number of rotatable bonds is 5. The number of aryl methyl sites for hydroxylation is 2. The quantitative estimate of drug-likeness (QED) is 0.655. The van der Waals surface area contributed by atoms with Crippen LogP contribution < -0.4 is 10.6 Å². The molecule has 2 aromatic rings. The third-order valence-corrected chi connectivity index (χ3v) is 3.18. The largest absolute Gasteiger partial charge is 0.376 e. The smallest absolute Gasteiger partial charge is 0.269 e. The van der Waals surface area contributed by atoms with E-state index in [1.165, 1.54) is 29.8 Å². The van der Waals surface area contributed by atoms with Crippen LogP contribution in [0.3, 0.4) is 0 Å². The van der Waals surface area contributed by atoms with E-state index in [1.807, 2.05) is 32.0 Å². The molecule has 0 aliphatic rings. The molecule has 0 aliphatic carbocycles. The summed E-state index contributed by atoms with van der Waals surface area (Å²) in [6, 6.07) is 11.7. The highest BCUT2D eigenvalue weighted by molar-refractivity contribution is 5.93. The Hall–Kier alpha value is -2.89. The van der Waals surface area contributed by atoms with Gasteiger partial charge in [-0.25, -0.2) is 0 Å². The van der Waals surface area contributed by atoms with Crippen LogP contribution in [-0.4, -0.2) is 17.4 Å². The van der Waals surface area contributed by atoms with E-state index in [9.17, 15) is 14.9 Å². The number of hydrogen-bond acceptors (Lipinski definition) is 4. The maximum absolute atomic E-state index is 11.9. The zero-order valence-corrected chi connectivity index (χ0v) is 12.4. The molecular weight excluding hydrogens is 282 g/mol. The molecular formula is C16H17N3O3. The third-order valence-electron chi connectivity index (χ3n) is 3.18. The second-order valence-electron chi connectivity index (χ2n) is 5.02. The van der Waals surface area contributed by atoms with Gasteiger partial charge in [-0.2, -0.15) is 0 Å². The Morgan fingerprint density at radius 2 is 1.82 bits per heavy atom. The van der Waals surface area contributed by atoms with Gasteiger partial charge in [0.05, 0.1) is 11.5 Å². The molecule has 2 aromatic carbocycles. The van der Waals surface area contributed by atoms with E-state index in [0.717, 1.165) is 11.3 Å². The fourth-order valence-corrected chi connectivity index (χ4v) is 2.06. The summed E-state index contributed by atoms with van der Waals surface area (Å²) in [5, 5.41) is 16.3. The monoisotopic (exact) mass is 299 g/mol.